The minimum atomic E-state index is -0.200. The van der Waals surface area contributed by atoms with Gasteiger partial charge in [-0.1, -0.05) is 6.07 Å². The highest BCUT2D eigenvalue weighted by Crippen LogP contribution is 2.42. The topological polar surface area (TPSA) is 36.7 Å². The molecule has 0 saturated heterocycles. The van der Waals surface area contributed by atoms with Gasteiger partial charge in [0.25, 0.3) is 0 Å². The van der Waals surface area contributed by atoms with Crippen LogP contribution in [0.2, 0.25) is 0 Å². The van der Waals surface area contributed by atoms with E-state index in [0.29, 0.717) is 0 Å². The SMILES string of the molecule is N#CC1(c2cccnc2)CCC1. The predicted octanol–water partition coefficient (Wildman–Crippen LogP) is 2.03. The molecule has 0 radical (unpaired) electrons. The number of aromatic nitrogens is 1. The van der Waals surface area contributed by atoms with Gasteiger partial charge in [-0.15, -0.1) is 0 Å². The molecule has 0 amide bonds. The summed E-state index contributed by atoms with van der Waals surface area (Å²) in [7, 11) is 0. The number of nitrogens with zero attached hydrogens (tertiary/aromatic N) is 2. The second-order valence-electron chi connectivity index (χ2n) is 3.29. The summed E-state index contributed by atoms with van der Waals surface area (Å²) in [6, 6.07) is 6.28. The summed E-state index contributed by atoms with van der Waals surface area (Å²) in [5, 5.41) is 9.01. The summed E-state index contributed by atoms with van der Waals surface area (Å²) < 4.78 is 0. The Kier molecular flexibility index (Phi) is 1.58. The van der Waals surface area contributed by atoms with E-state index in [1.807, 2.05) is 18.3 Å². The molecule has 0 atom stereocenters. The number of nitriles is 1. The molecule has 1 heterocycles. The Labute approximate surface area is 71.9 Å². The lowest BCUT2D eigenvalue weighted by atomic mass is 9.66. The molecular formula is C10H10N2. The van der Waals surface area contributed by atoms with Crippen LogP contribution in [0.25, 0.3) is 0 Å². The van der Waals surface area contributed by atoms with Crippen LogP contribution in [-0.4, -0.2) is 4.98 Å². The van der Waals surface area contributed by atoms with Crippen molar-refractivity contribution < 1.29 is 0 Å². The highest BCUT2D eigenvalue weighted by molar-refractivity contribution is 5.32. The second-order valence-corrected chi connectivity index (χ2v) is 3.29. The van der Waals surface area contributed by atoms with E-state index < -0.39 is 0 Å². The lowest BCUT2D eigenvalue weighted by Gasteiger charge is -2.35. The van der Waals surface area contributed by atoms with Crippen molar-refractivity contribution in [3.63, 3.8) is 0 Å². The van der Waals surface area contributed by atoms with E-state index in [4.69, 9.17) is 5.26 Å². The maximum absolute atomic E-state index is 9.01. The van der Waals surface area contributed by atoms with Crippen LogP contribution in [-0.2, 0) is 5.41 Å². The minimum Gasteiger partial charge on any atom is -0.264 e. The third-order valence-corrected chi connectivity index (χ3v) is 2.64. The fourth-order valence-corrected chi connectivity index (χ4v) is 1.64. The van der Waals surface area contributed by atoms with Crippen LogP contribution in [0.15, 0.2) is 24.5 Å². The molecule has 1 aromatic heterocycles. The van der Waals surface area contributed by atoms with E-state index >= 15 is 0 Å². The zero-order valence-electron chi connectivity index (χ0n) is 6.83. The molecule has 2 rings (SSSR count). The molecule has 0 aromatic carbocycles. The van der Waals surface area contributed by atoms with Crippen LogP contribution in [0.1, 0.15) is 24.8 Å². The first kappa shape index (κ1) is 7.30. The standard InChI is InChI=1S/C10H10N2/c11-8-10(4-2-5-10)9-3-1-6-12-7-9/h1,3,6-7H,2,4-5H2. The van der Waals surface area contributed by atoms with Gasteiger partial charge in [0.2, 0.25) is 0 Å². The van der Waals surface area contributed by atoms with Crippen molar-refractivity contribution in [2.45, 2.75) is 24.7 Å². The number of rotatable bonds is 1. The molecule has 0 N–H and O–H groups in total. The molecule has 0 unspecified atom stereocenters. The molecule has 1 saturated carbocycles. The molecule has 60 valence electrons. The molecule has 1 aromatic rings. The van der Waals surface area contributed by atoms with Crippen LogP contribution < -0.4 is 0 Å². The molecule has 1 aliphatic rings. The van der Waals surface area contributed by atoms with Gasteiger partial charge in [-0.2, -0.15) is 5.26 Å². The molecule has 12 heavy (non-hydrogen) atoms. The van der Waals surface area contributed by atoms with Gasteiger partial charge < -0.3 is 0 Å². The molecule has 2 heteroatoms. The Hall–Kier alpha value is -1.36. The van der Waals surface area contributed by atoms with Crippen molar-refractivity contribution in [1.82, 2.24) is 4.98 Å². The van der Waals surface area contributed by atoms with E-state index in [-0.39, 0.29) is 5.41 Å². The normalized spacial score (nSPS) is 19.2. The number of hydrogen-bond acceptors (Lipinski definition) is 2. The smallest absolute Gasteiger partial charge is 0.0837 e. The van der Waals surface area contributed by atoms with Crippen LogP contribution >= 0.6 is 0 Å². The van der Waals surface area contributed by atoms with E-state index in [1.54, 1.807) is 6.20 Å². The van der Waals surface area contributed by atoms with Gasteiger partial charge >= 0.3 is 0 Å². The Morgan fingerprint density at radius 2 is 2.33 bits per heavy atom. The van der Waals surface area contributed by atoms with Crippen molar-refractivity contribution in [2.24, 2.45) is 0 Å². The maximum atomic E-state index is 9.01. The van der Waals surface area contributed by atoms with Gasteiger partial charge in [0.15, 0.2) is 0 Å². The third kappa shape index (κ3) is 0.902. The van der Waals surface area contributed by atoms with Crippen molar-refractivity contribution in [1.29, 1.82) is 5.26 Å². The first-order chi connectivity index (χ1) is 5.87. The summed E-state index contributed by atoms with van der Waals surface area (Å²) in [5.41, 5.74) is 0.882. The van der Waals surface area contributed by atoms with Crippen molar-refractivity contribution in [2.75, 3.05) is 0 Å². The zero-order chi connectivity index (χ0) is 8.44. The summed E-state index contributed by atoms with van der Waals surface area (Å²) in [6.07, 6.45) is 6.71. The summed E-state index contributed by atoms with van der Waals surface area (Å²) >= 11 is 0. The molecule has 1 aliphatic carbocycles. The highest BCUT2D eigenvalue weighted by atomic mass is 14.6. The molecule has 1 fully saturated rings. The lowest BCUT2D eigenvalue weighted by Crippen LogP contribution is -2.32. The van der Waals surface area contributed by atoms with Gasteiger partial charge in [-0.25, -0.2) is 0 Å². The molecule has 0 bridgehead atoms. The maximum Gasteiger partial charge on any atom is 0.0837 e. The largest absolute Gasteiger partial charge is 0.264 e. The van der Waals surface area contributed by atoms with Gasteiger partial charge in [-0.05, 0) is 30.9 Å². The lowest BCUT2D eigenvalue weighted by molar-refractivity contribution is 0.323. The van der Waals surface area contributed by atoms with Crippen molar-refractivity contribution >= 4 is 0 Å². The van der Waals surface area contributed by atoms with Gasteiger partial charge in [0.1, 0.15) is 0 Å². The van der Waals surface area contributed by atoms with Gasteiger partial charge in [-0.3, -0.25) is 4.98 Å². The van der Waals surface area contributed by atoms with E-state index in [0.717, 1.165) is 18.4 Å². The summed E-state index contributed by atoms with van der Waals surface area (Å²) in [4.78, 5) is 4.03. The van der Waals surface area contributed by atoms with Crippen molar-refractivity contribution in [3.05, 3.63) is 30.1 Å². The Balaban J connectivity index is 2.36. The average molecular weight is 158 g/mol. The number of hydrogen-bond donors (Lipinski definition) is 0. The summed E-state index contributed by atoms with van der Waals surface area (Å²) in [6.45, 7) is 0. The van der Waals surface area contributed by atoms with Crippen LogP contribution in [0.4, 0.5) is 0 Å². The van der Waals surface area contributed by atoms with Gasteiger partial charge in [0, 0.05) is 12.4 Å². The number of pyridine rings is 1. The predicted molar refractivity (Wildman–Crippen MR) is 45.4 cm³/mol. The highest BCUT2D eigenvalue weighted by Gasteiger charge is 2.38. The van der Waals surface area contributed by atoms with Gasteiger partial charge in [0.05, 0.1) is 11.5 Å². The second kappa shape index (κ2) is 2.60. The molecular weight excluding hydrogens is 148 g/mol. The Morgan fingerprint density at radius 1 is 1.50 bits per heavy atom. The van der Waals surface area contributed by atoms with Crippen LogP contribution in [0.3, 0.4) is 0 Å². The van der Waals surface area contributed by atoms with Crippen LogP contribution in [0, 0.1) is 11.3 Å². The van der Waals surface area contributed by atoms with E-state index in [9.17, 15) is 0 Å². The van der Waals surface area contributed by atoms with Crippen molar-refractivity contribution in [3.8, 4) is 6.07 Å². The molecule has 2 nitrogen and oxygen atoms in total. The molecule has 0 aliphatic heterocycles. The summed E-state index contributed by atoms with van der Waals surface area (Å²) in [5.74, 6) is 0. The van der Waals surface area contributed by atoms with Crippen LogP contribution in [0.5, 0.6) is 0 Å². The Bertz CT molecular complexity index is 306. The fourth-order valence-electron chi connectivity index (χ4n) is 1.64. The monoisotopic (exact) mass is 158 g/mol. The van der Waals surface area contributed by atoms with E-state index in [2.05, 4.69) is 11.1 Å². The minimum absolute atomic E-state index is 0.200. The third-order valence-electron chi connectivity index (χ3n) is 2.64. The zero-order valence-corrected chi connectivity index (χ0v) is 6.83. The first-order valence-corrected chi connectivity index (χ1v) is 4.19. The fraction of sp³-hybridized carbons (Fsp3) is 0.400. The Morgan fingerprint density at radius 3 is 2.75 bits per heavy atom. The van der Waals surface area contributed by atoms with E-state index in [1.165, 1.54) is 6.42 Å². The average Bonchev–Trinajstić information content (AvgIpc) is 2.05. The quantitative estimate of drug-likeness (QED) is 0.627. The molecule has 0 spiro atoms. The first-order valence-electron chi connectivity index (χ1n) is 4.19.